The third kappa shape index (κ3) is 6.42. The summed E-state index contributed by atoms with van der Waals surface area (Å²) in [6, 6.07) is 6.25. The number of hydrogen-bond donors (Lipinski definition) is 2. The van der Waals surface area contributed by atoms with Crippen LogP contribution in [0.4, 0.5) is 0 Å². The van der Waals surface area contributed by atoms with Crippen molar-refractivity contribution in [1.29, 1.82) is 0 Å². The molecular weight excluding hydrogens is 308 g/mol. The molecule has 0 aromatic heterocycles. The first-order valence-electron chi connectivity index (χ1n) is 6.79. The van der Waals surface area contributed by atoms with E-state index >= 15 is 0 Å². The first-order chi connectivity index (χ1) is 10.4. The third-order valence-corrected chi connectivity index (χ3v) is 4.31. The molecule has 1 aromatic carbocycles. The molecule has 0 aliphatic heterocycles. The van der Waals surface area contributed by atoms with E-state index in [0.717, 1.165) is 0 Å². The van der Waals surface area contributed by atoms with Crippen LogP contribution in [0, 0.1) is 0 Å². The van der Waals surface area contributed by atoms with Gasteiger partial charge < -0.3 is 14.8 Å². The maximum atomic E-state index is 11.9. The minimum Gasteiger partial charge on any atom is -0.497 e. The van der Waals surface area contributed by atoms with E-state index in [1.54, 1.807) is 31.2 Å². The fourth-order valence-electron chi connectivity index (χ4n) is 1.79. The average Bonchev–Trinajstić information content (AvgIpc) is 2.46. The lowest BCUT2D eigenvalue weighted by Crippen LogP contribution is -2.40. The lowest BCUT2D eigenvalue weighted by Gasteiger charge is -2.13. The monoisotopic (exact) mass is 330 g/mol. The van der Waals surface area contributed by atoms with Crippen LogP contribution in [0.25, 0.3) is 0 Å². The van der Waals surface area contributed by atoms with Crippen molar-refractivity contribution < 1.29 is 22.7 Å². The second-order valence-electron chi connectivity index (χ2n) is 4.78. The number of rotatable bonds is 9. The van der Waals surface area contributed by atoms with Gasteiger partial charge in [0.1, 0.15) is 5.75 Å². The Labute approximate surface area is 131 Å². The first-order valence-corrected chi connectivity index (χ1v) is 8.44. The summed E-state index contributed by atoms with van der Waals surface area (Å²) in [5, 5.41) is 2.57. The minimum absolute atomic E-state index is 0.0277. The summed E-state index contributed by atoms with van der Waals surface area (Å²) in [5.41, 5.74) is 0.443. The molecule has 0 fully saturated rings. The van der Waals surface area contributed by atoms with Gasteiger partial charge in [-0.2, -0.15) is 0 Å². The van der Waals surface area contributed by atoms with E-state index in [0.29, 0.717) is 11.3 Å². The van der Waals surface area contributed by atoms with Crippen molar-refractivity contribution in [2.45, 2.75) is 13.0 Å². The van der Waals surface area contributed by atoms with E-state index in [9.17, 15) is 13.2 Å². The molecule has 1 rings (SSSR count). The van der Waals surface area contributed by atoms with Crippen molar-refractivity contribution in [3.63, 3.8) is 0 Å². The Morgan fingerprint density at radius 3 is 2.41 bits per heavy atom. The van der Waals surface area contributed by atoms with Crippen LogP contribution in [0.3, 0.4) is 0 Å². The molecule has 0 bridgehead atoms. The van der Waals surface area contributed by atoms with Crippen molar-refractivity contribution in [2.24, 2.45) is 0 Å². The van der Waals surface area contributed by atoms with Gasteiger partial charge in [-0.25, -0.2) is 13.1 Å². The number of ether oxygens (including phenoxy) is 2. The van der Waals surface area contributed by atoms with E-state index in [2.05, 4.69) is 10.0 Å². The Bertz CT molecular complexity index is 571. The molecule has 0 heterocycles. The van der Waals surface area contributed by atoms with Gasteiger partial charge in [-0.1, -0.05) is 0 Å². The van der Waals surface area contributed by atoms with E-state index in [-0.39, 0.29) is 30.9 Å². The van der Waals surface area contributed by atoms with Crippen LogP contribution >= 0.6 is 0 Å². The molecule has 0 saturated heterocycles. The highest BCUT2D eigenvalue weighted by Crippen LogP contribution is 2.10. The molecular formula is C14H22N2O5S. The van der Waals surface area contributed by atoms with Crippen molar-refractivity contribution in [2.75, 3.05) is 33.1 Å². The summed E-state index contributed by atoms with van der Waals surface area (Å²) in [4.78, 5) is 11.9. The number of methoxy groups -OCH3 is 2. The lowest BCUT2D eigenvalue weighted by molar-refractivity contribution is 0.0956. The third-order valence-electron chi connectivity index (χ3n) is 2.81. The normalized spacial score (nSPS) is 12.7. The zero-order chi connectivity index (χ0) is 16.6. The molecule has 0 aliphatic carbocycles. The van der Waals surface area contributed by atoms with Gasteiger partial charge in [0.05, 0.1) is 19.5 Å². The Balaban J connectivity index is 2.43. The second-order valence-corrected chi connectivity index (χ2v) is 6.65. The maximum Gasteiger partial charge on any atom is 0.251 e. The fourth-order valence-corrected chi connectivity index (χ4v) is 2.96. The predicted molar refractivity (Wildman–Crippen MR) is 83.6 cm³/mol. The molecule has 8 heteroatoms. The van der Waals surface area contributed by atoms with E-state index in [1.807, 2.05) is 0 Å². The van der Waals surface area contributed by atoms with Gasteiger partial charge in [-0.3, -0.25) is 4.79 Å². The number of carbonyl (C=O) groups excluding carboxylic acids is 1. The van der Waals surface area contributed by atoms with Crippen LogP contribution in [-0.2, 0) is 14.8 Å². The number of benzene rings is 1. The van der Waals surface area contributed by atoms with Crippen molar-refractivity contribution in [3.8, 4) is 5.75 Å². The highest BCUT2D eigenvalue weighted by atomic mass is 32.2. The SMILES string of the molecule is COC[C@H](C)NS(=O)(=O)CCNC(=O)c1ccc(OC)cc1. The van der Waals surface area contributed by atoms with Crippen LogP contribution in [0.2, 0.25) is 0 Å². The zero-order valence-electron chi connectivity index (χ0n) is 13.0. The van der Waals surface area contributed by atoms with Gasteiger partial charge in [-0.15, -0.1) is 0 Å². The smallest absolute Gasteiger partial charge is 0.251 e. The van der Waals surface area contributed by atoms with Gasteiger partial charge in [0, 0.05) is 25.3 Å². The highest BCUT2D eigenvalue weighted by molar-refractivity contribution is 7.89. The summed E-state index contributed by atoms with van der Waals surface area (Å²) in [7, 11) is -0.417. The van der Waals surface area contributed by atoms with Crippen molar-refractivity contribution in [1.82, 2.24) is 10.0 Å². The molecule has 0 unspecified atom stereocenters. The molecule has 7 nitrogen and oxygen atoms in total. The van der Waals surface area contributed by atoms with Crippen LogP contribution in [0.1, 0.15) is 17.3 Å². The summed E-state index contributed by atoms with van der Waals surface area (Å²) in [5.74, 6) is 0.126. The largest absolute Gasteiger partial charge is 0.497 e. The quantitative estimate of drug-likeness (QED) is 0.683. The van der Waals surface area contributed by atoms with Gasteiger partial charge in [0.15, 0.2) is 0 Å². The Kier molecular flexibility index (Phi) is 7.30. The van der Waals surface area contributed by atoms with Gasteiger partial charge in [0.25, 0.3) is 5.91 Å². The van der Waals surface area contributed by atoms with Crippen LogP contribution in [-0.4, -0.2) is 53.5 Å². The Hall–Kier alpha value is -1.64. The number of hydrogen-bond acceptors (Lipinski definition) is 5. The van der Waals surface area contributed by atoms with Crippen molar-refractivity contribution in [3.05, 3.63) is 29.8 Å². The van der Waals surface area contributed by atoms with E-state index in [4.69, 9.17) is 9.47 Å². The summed E-state index contributed by atoms with van der Waals surface area (Å²) in [6.45, 7) is 2.02. The lowest BCUT2D eigenvalue weighted by atomic mass is 10.2. The fraction of sp³-hybridized carbons (Fsp3) is 0.500. The van der Waals surface area contributed by atoms with E-state index < -0.39 is 10.0 Å². The van der Waals surface area contributed by atoms with Gasteiger partial charge in [-0.05, 0) is 31.2 Å². The number of sulfonamides is 1. The minimum atomic E-state index is -3.46. The molecule has 1 atom stereocenters. The van der Waals surface area contributed by atoms with Crippen molar-refractivity contribution >= 4 is 15.9 Å². The van der Waals surface area contributed by atoms with Crippen LogP contribution in [0.15, 0.2) is 24.3 Å². The summed E-state index contributed by atoms with van der Waals surface area (Å²) < 4.78 is 35.9. The average molecular weight is 330 g/mol. The molecule has 2 N–H and O–H groups in total. The molecule has 0 aliphatic rings. The number of carbonyl (C=O) groups is 1. The van der Waals surface area contributed by atoms with Gasteiger partial charge >= 0.3 is 0 Å². The van der Waals surface area contributed by atoms with E-state index in [1.165, 1.54) is 14.2 Å². The Morgan fingerprint density at radius 1 is 1.23 bits per heavy atom. The standard InChI is InChI=1S/C14H22N2O5S/c1-11(10-20-2)16-22(18,19)9-8-15-14(17)12-4-6-13(21-3)7-5-12/h4-7,11,16H,8-10H2,1-3H3,(H,15,17)/t11-/m0/s1. The maximum absolute atomic E-state index is 11.9. The Morgan fingerprint density at radius 2 is 1.86 bits per heavy atom. The number of amides is 1. The molecule has 1 aromatic rings. The summed E-state index contributed by atoms with van der Waals surface area (Å²) >= 11 is 0. The summed E-state index contributed by atoms with van der Waals surface area (Å²) in [6.07, 6.45) is 0. The van der Waals surface area contributed by atoms with Crippen LogP contribution < -0.4 is 14.8 Å². The zero-order valence-corrected chi connectivity index (χ0v) is 13.8. The van der Waals surface area contributed by atoms with Gasteiger partial charge in [0.2, 0.25) is 10.0 Å². The molecule has 22 heavy (non-hydrogen) atoms. The molecule has 0 spiro atoms. The predicted octanol–water partition coefficient (Wildman–Crippen LogP) is 0.379. The molecule has 1 amide bonds. The molecule has 0 radical (unpaired) electrons. The molecule has 124 valence electrons. The first kappa shape index (κ1) is 18.4. The number of nitrogens with one attached hydrogen (secondary N) is 2. The van der Waals surface area contributed by atoms with Crippen LogP contribution in [0.5, 0.6) is 5.75 Å². The highest BCUT2D eigenvalue weighted by Gasteiger charge is 2.15. The second kappa shape index (κ2) is 8.72. The molecule has 0 saturated carbocycles. The topological polar surface area (TPSA) is 93.7 Å².